The maximum absolute atomic E-state index is 12.4. The van der Waals surface area contributed by atoms with Crippen molar-refractivity contribution >= 4 is 15.7 Å². The molecule has 0 spiro atoms. The average Bonchev–Trinajstić information content (AvgIpc) is 2.78. The lowest BCUT2D eigenvalue weighted by atomic mass is 10.1. The molecule has 1 unspecified atom stereocenters. The number of piperidine rings is 1. The van der Waals surface area contributed by atoms with Crippen LogP contribution < -0.4 is 5.73 Å². The third-order valence-electron chi connectivity index (χ3n) is 4.22. The van der Waals surface area contributed by atoms with Crippen molar-refractivity contribution in [3.63, 3.8) is 0 Å². The number of carbonyl (C=O) groups excluding carboxylic acids is 1. The van der Waals surface area contributed by atoms with Gasteiger partial charge in [-0.1, -0.05) is 5.92 Å². The highest BCUT2D eigenvalue weighted by molar-refractivity contribution is 7.91. The van der Waals surface area contributed by atoms with Crippen molar-refractivity contribution in [3.8, 4) is 12.3 Å². The second kappa shape index (κ2) is 6.77. The van der Waals surface area contributed by atoms with Gasteiger partial charge >= 0.3 is 0 Å². The zero-order chi connectivity index (χ0) is 15.5. The minimum Gasteiger partial charge on any atom is -0.328 e. The van der Waals surface area contributed by atoms with E-state index in [-0.39, 0.29) is 36.0 Å². The Balaban J connectivity index is 1.95. The van der Waals surface area contributed by atoms with Crippen molar-refractivity contribution in [2.24, 2.45) is 5.73 Å². The molecule has 0 saturated carbocycles. The summed E-state index contributed by atoms with van der Waals surface area (Å²) in [5, 5.41) is 0. The molecule has 2 rings (SSSR count). The molecule has 2 saturated heterocycles. The highest BCUT2D eigenvalue weighted by Crippen LogP contribution is 2.18. The summed E-state index contributed by atoms with van der Waals surface area (Å²) in [4.78, 5) is 16.1. The summed E-state index contributed by atoms with van der Waals surface area (Å²) in [7, 11) is -3.03. The van der Waals surface area contributed by atoms with Crippen LogP contribution in [0, 0.1) is 12.3 Å². The van der Waals surface area contributed by atoms with Crippen LogP contribution in [-0.4, -0.2) is 73.9 Å². The average molecular weight is 313 g/mol. The highest BCUT2D eigenvalue weighted by Gasteiger charge is 2.34. The van der Waals surface area contributed by atoms with Crippen LogP contribution >= 0.6 is 0 Å². The normalized spacial score (nSPS) is 26.4. The molecule has 0 aromatic carbocycles. The van der Waals surface area contributed by atoms with Gasteiger partial charge in [-0.15, -0.1) is 6.42 Å². The molecule has 7 heteroatoms. The molecule has 2 aliphatic rings. The Bertz CT molecular complexity index is 518. The van der Waals surface area contributed by atoms with Gasteiger partial charge < -0.3 is 10.6 Å². The van der Waals surface area contributed by atoms with Gasteiger partial charge in [0.1, 0.15) is 0 Å². The van der Waals surface area contributed by atoms with E-state index in [0.29, 0.717) is 13.0 Å². The molecule has 0 aliphatic carbocycles. The van der Waals surface area contributed by atoms with E-state index in [1.54, 1.807) is 4.90 Å². The quantitative estimate of drug-likeness (QED) is 0.677. The number of rotatable bonds is 4. The van der Waals surface area contributed by atoms with Gasteiger partial charge in [-0.05, 0) is 19.3 Å². The first-order valence-electron chi connectivity index (χ1n) is 7.32. The first-order valence-corrected chi connectivity index (χ1v) is 9.15. The standard InChI is InChI=1S/C14H23N3O3S/c1-2-6-17(13-5-9-21(19,20)11-13)14(18)10-16-7-3-12(15)4-8-16/h1,12-13H,3-11,15H2. The lowest BCUT2D eigenvalue weighted by Gasteiger charge is -2.33. The summed E-state index contributed by atoms with van der Waals surface area (Å²) in [6, 6.07) is -0.0521. The molecule has 2 N–H and O–H groups in total. The number of terminal acetylenes is 1. The first kappa shape index (κ1) is 16.3. The molecular formula is C14H23N3O3S. The number of nitrogens with two attached hydrogens (primary N) is 1. The van der Waals surface area contributed by atoms with E-state index in [1.165, 1.54) is 0 Å². The molecular weight excluding hydrogens is 290 g/mol. The number of nitrogens with zero attached hydrogens (tertiary/aromatic N) is 2. The number of hydrogen-bond donors (Lipinski definition) is 1. The fourth-order valence-corrected chi connectivity index (χ4v) is 4.66. The molecule has 0 aromatic rings. The van der Waals surface area contributed by atoms with Crippen molar-refractivity contribution in [1.29, 1.82) is 0 Å². The molecule has 2 aliphatic heterocycles. The lowest BCUT2D eigenvalue weighted by molar-refractivity contribution is -0.133. The molecule has 2 fully saturated rings. The monoisotopic (exact) mass is 313 g/mol. The maximum Gasteiger partial charge on any atom is 0.237 e. The molecule has 1 atom stereocenters. The van der Waals surface area contributed by atoms with Crippen molar-refractivity contribution in [1.82, 2.24) is 9.80 Å². The van der Waals surface area contributed by atoms with Crippen LogP contribution in [0.1, 0.15) is 19.3 Å². The Kier molecular flexibility index (Phi) is 5.25. The molecule has 2 heterocycles. The smallest absolute Gasteiger partial charge is 0.237 e. The predicted octanol–water partition coefficient (Wildman–Crippen LogP) is -0.942. The fourth-order valence-electron chi connectivity index (χ4n) is 2.93. The number of hydrogen-bond acceptors (Lipinski definition) is 5. The Morgan fingerprint density at radius 2 is 2.00 bits per heavy atom. The van der Waals surface area contributed by atoms with E-state index >= 15 is 0 Å². The van der Waals surface area contributed by atoms with E-state index in [0.717, 1.165) is 25.9 Å². The summed E-state index contributed by atoms with van der Waals surface area (Å²) in [6.07, 6.45) is 7.60. The van der Waals surface area contributed by atoms with Crippen molar-refractivity contribution < 1.29 is 13.2 Å². The van der Waals surface area contributed by atoms with E-state index in [4.69, 9.17) is 12.2 Å². The summed E-state index contributed by atoms with van der Waals surface area (Å²) in [5.74, 6) is 2.57. The predicted molar refractivity (Wildman–Crippen MR) is 81.3 cm³/mol. The van der Waals surface area contributed by atoms with Crippen LogP contribution in [0.25, 0.3) is 0 Å². The summed E-state index contributed by atoms with van der Waals surface area (Å²) < 4.78 is 23.2. The van der Waals surface area contributed by atoms with Gasteiger partial charge in [0.15, 0.2) is 9.84 Å². The van der Waals surface area contributed by atoms with E-state index in [1.807, 2.05) is 0 Å². The molecule has 6 nitrogen and oxygen atoms in total. The van der Waals surface area contributed by atoms with E-state index < -0.39 is 9.84 Å². The third-order valence-corrected chi connectivity index (χ3v) is 5.97. The summed E-state index contributed by atoms with van der Waals surface area (Å²) >= 11 is 0. The van der Waals surface area contributed by atoms with Gasteiger partial charge in [-0.3, -0.25) is 9.69 Å². The molecule has 21 heavy (non-hydrogen) atoms. The van der Waals surface area contributed by atoms with Gasteiger partial charge in [-0.2, -0.15) is 0 Å². The SMILES string of the molecule is C#CCN(C(=O)CN1CCC(N)CC1)C1CCS(=O)(=O)C1. The largest absolute Gasteiger partial charge is 0.328 e. The van der Waals surface area contributed by atoms with Crippen LogP contribution in [0.2, 0.25) is 0 Å². The van der Waals surface area contributed by atoms with Gasteiger partial charge in [0.05, 0.1) is 24.6 Å². The molecule has 0 aromatic heterocycles. The molecule has 1 amide bonds. The topological polar surface area (TPSA) is 83.7 Å². The van der Waals surface area contributed by atoms with Gasteiger partial charge in [-0.25, -0.2) is 8.42 Å². The number of sulfone groups is 1. The Morgan fingerprint density at radius 1 is 1.33 bits per heavy atom. The summed E-state index contributed by atoms with van der Waals surface area (Å²) in [6.45, 7) is 2.08. The van der Waals surface area contributed by atoms with Gasteiger partial charge in [0.2, 0.25) is 5.91 Å². The Hall–Kier alpha value is -1.10. The third kappa shape index (κ3) is 4.43. The minimum absolute atomic E-state index is 0.0330. The van der Waals surface area contributed by atoms with Crippen molar-refractivity contribution in [3.05, 3.63) is 0 Å². The number of likely N-dealkylation sites (tertiary alicyclic amines) is 1. The number of carbonyl (C=O) groups is 1. The van der Waals surface area contributed by atoms with Gasteiger partial charge in [0.25, 0.3) is 0 Å². The fraction of sp³-hybridized carbons (Fsp3) is 0.786. The molecule has 0 radical (unpaired) electrons. The second-order valence-electron chi connectivity index (χ2n) is 5.90. The Labute approximate surface area is 126 Å². The maximum atomic E-state index is 12.4. The van der Waals surface area contributed by atoms with Crippen LogP contribution in [0.4, 0.5) is 0 Å². The van der Waals surface area contributed by atoms with Crippen LogP contribution in [0.3, 0.4) is 0 Å². The van der Waals surface area contributed by atoms with Gasteiger partial charge in [0, 0.05) is 25.2 Å². The van der Waals surface area contributed by atoms with Crippen molar-refractivity contribution in [2.45, 2.75) is 31.3 Å². The number of amides is 1. The molecule has 0 bridgehead atoms. The van der Waals surface area contributed by atoms with E-state index in [9.17, 15) is 13.2 Å². The van der Waals surface area contributed by atoms with Crippen LogP contribution in [-0.2, 0) is 14.6 Å². The molecule has 118 valence electrons. The van der Waals surface area contributed by atoms with E-state index in [2.05, 4.69) is 10.8 Å². The van der Waals surface area contributed by atoms with Crippen LogP contribution in [0.15, 0.2) is 0 Å². The zero-order valence-corrected chi connectivity index (χ0v) is 13.0. The first-order chi connectivity index (χ1) is 9.91. The summed E-state index contributed by atoms with van der Waals surface area (Å²) in [5.41, 5.74) is 5.85. The van der Waals surface area contributed by atoms with Crippen molar-refractivity contribution in [2.75, 3.05) is 37.7 Å². The zero-order valence-electron chi connectivity index (χ0n) is 12.2. The lowest BCUT2D eigenvalue weighted by Crippen LogP contribution is -2.49. The van der Waals surface area contributed by atoms with Crippen LogP contribution in [0.5, 0.6) is 0 Å². The second-order valence-corrected chi connectivity index (χ2v) is 8.12. The highest BCUT2D eigenvalue weighted by atomic mass is 32.2. The Morgan fingerprint density at radius 3 is 2.52 bits per heavy atom. The minimum atomic E-state index is -3.03.